The molecule has 34 heavy (non-hydrogen) atoms. The molecular weight excluding hydrogens is 476 g/mol. The van der Waals surface area contributed by atoms with Gasteiger partial charge in [0.2, 0.25) is 5.13 Å². The first kappa shape index (κ1) is 24.0. The van der Waals surface area contributed by atoms with Gasteiger partial charge in [0.05, 0.1) is 11.1 Å². The molecule has 4 rings (SSSR count). The van der Waals surface area contributed by atoms with Gasteiger partial charge in [-0.1, -0.05) is 61.9 Å². The first-order valence-electron chi connectivity index (χ1n) is 10.8. The van der Waals surface area contributed by atoms with E-state index < -0.39 is 6.09 Å². The van der Waals surface area contributed by atoms with Crippen molar-refractivity contribution >= 4 is 40.1 Å². The smallest absolute Gasteiger partial charge is 0.407 e. The zero-order valence-electron chi connectivity index (χ0n) is 19.0. The molecule has 1 aliphatic heterocycles. The van der Waals surface area contributed by atoms with Crippen molar-refractivity contribution in [1.29, 1.82) is 0 Å². The van der Waals surface area contributed by atoms with Crippen LogP contribution in [0.3, 0.4) is 0 Å². The van der Waals surface area contributed by atoms with Gasteiger partial charge < -0.3 is 14.7 Å². The van der Waals surface area contributed by atoms with Crippen molar-refractivity contribution in [1.82, 2.24) is 15.1 Å². The number of ether oxygens (including phenoxy) is 1. The molecule has 178 valence electrons. The largest absolute Gasteiger partial charge is 0.485 e. The molecule has 0 fully saturated rings. The highest BCUT2D eigenvalue weighted by atomic mass is 35.5. The highest BCUT2D eigenvalue weighted by Crippen LogP contribution is 2.42. The molecule has 0 saturated carbocycles. The van der Waals surface area contributed by atoms with Gasteiger partial charge >= 0.3 is 6.09 Å². The highest BCUT2D eigenvalue weighted by Gasteiger charge is 2.38. The zero-order chi connectivity index (χ0) is 24.5. The van der Waals surface area contributed by atoms with E-state index in [4.69, 9.17) is 16.3 Å². The van der Waals surface area contributed by atoms with Gasteiger partial charge in [0.15, 0.2) is 5.01 Å². The lowest BCUT2D eigenvalue weighted by Gasteiger charge is -2.43. The summed E-state index contributed by atoms with van der Waals surface area (Å²) in [4.78, 5) is 26.1. The molecule has 3 aromatic rings. The monoisotopic (exact) mass is 500 g/mol. The second-order valence-corrected chi connectivity index (χ2v) is 10.6. The number of anilines is 1. The fraction of sp³-hybridized carbons (Fsp3) is 0.333. The number of hydrogen-bond acceptors (Lipinski definition) is 6. The summed E-state index contributed by atoms with van der Waals surface area (Å²) in [5, 5.41) is 22.0. The third kappa shape index (κ3) is 5.15. The molecule has 1 aliphatic rings. The maximum absolute atomic E-state index is 12.9. The predicted molar refractivity (Wildman–Crippen MR) is 131 cm³/mol. The molecule has 1 unspecified atom stereocenters. The molecule has 10 heteroatoms. The van der Waals surface area contributed by atoms with Gasteiger partial charge in [-0.2, -0.15) is 0 Å². The number of nitrogens with one attached hydrogen (secondary N) is 1. The summed E-state index contributed by atoms with van der Waals surface area (Å²) >= 11 is 7.32. The number of fused-ring (bicyclic) bond motifs is 1. The van der Waals surface area contributed by atoms with Crippen molar-refractivity contribution in [2.24, 2.45) is 5.41 Å². The molecule has 2 heterocycles. The fourth-order valence-corrected chi connectivity index (χ4v) is 4.98. The van der Waals surface area contributed by atoms with Gasteiger partial charge in [-0.3, -0.25) is 10.1 Å². The average molecular weight is 501 g/mol. The summed E-state index contributed by atoms with van der Waals surface area (Å²) in [5.41, 5.74) is 2.12. The Morgan fingerprint density at radius 2 is 2.00 bits per heavy atom. The summed E-state index contributed by atoms with van der Waals surface area (Å²) in [6.07, 6.45) is -0.379. The van der Waals surface area contributed by atoms with Crippen LogP contribution in [0.5, 0.6) is 5.75 Å². The number of aromatic nitrogens is 2. The number of amides is 2. The van der Waals surface area contributed by atoms with Crippen LogP contribution in [0.15, 0.2) is 42.5 Å². The molecular formula is C24H25ClN4O4S. The third-order valence-corrected chi connectivity index (χ3v) is 6.70. The minimum atomic E-state index is -0.932. The Balaban J connectivity index is 1.46. The van der Waals surface area contributed by atoms with E-state index in [0.29, 0.717) is 39.4 Å². The number of benzene rings is 2. The second kappa shape index (κ2) is 9.60. The Labute approximate surface area is 206 Å². The van der Waals surface area contributed by atoms with Gasteiger partial charge in [0.25, 0.3) is 5.91 Å². The maximum Gasteiger partial charge on any atom is 0.407 e. The van der Waals surface area contributed by atoms with Crippen molar-refractivity contribution in [3.05, 3.63) is 69.2 Å². The van der Waals surface area contributed by atoms with Crippen molar-refractivity contribution in [2.45, 2.75) is 39.8 Å². The Hall–Kier alpha value is -3.17. The molecule has 0 spiro atoms. The Morgan fingerprint density at radius 3 is 2.71 bits per heavy atom. The number of nitrogens with zero attached hydrogens (tertiary/aromatic N) is 3. The molecule has 0 saturated heterocycles. The predicted octanol–water partition coefficient (Wildman–Crippen LogP) is 5.65. The summed E-state index contributed by atoms with van der Waals surface area (Å²) in [7, 11) is 0. The van der Waals surface area contributed by atoms with Gasteiger partial charge in [0.1, 0.15) is 12.4 Å². The van der Waals surface area contributed by atoms with Crippen molar-refractivity contribution in [3.8, 4) is 5.75 Å². The van der Waals surface area contributed by atoms with Crippen LogP contribution in [0.4, 0.5) is 9.93 Å². The summed E-state index contributed by atoms with van der Waals surface area (Å²) < 4.78 is 5.67. The van der Waals surface area contributed by atoms with Crippen LogP contribution >= 0.6 is 22.9 Å². The Kier molecular flexibility index (Phi) is 6.77. The molecule has 2 N–H and O–H groups in total. The minimum absolute atomic E-state index is 0.185. The van der Waals surface area contributed by atoms with E-state index in [0.717, 1.165) is 11.1 Å². The van der Waals surface area contributed by atoms with E-state index in [9.17, 15) is 14.7 Å². The lowest BCUT2D eigenvalue weighted by molar-refractivity contribution is 0.0758. The number of para-hydroxylation sites is 1. The average Bonchev–Trinajstić information content (AvgIpc) is 3.23. The number of carbonyl (C=O) groups is 2. The van der Waals surface area contributed by atoms with Gasteiger partial charge in [0, 0.05) is 12.1 Å². The summed E-state index contributed by atoms with van der Waals surface area (Å²) in [6.45, 7) is 6.63. The molecule has 8 nitrogen and oxygen atoms in total. The maximum atomic E-state index is 12.9. The van der Waals surface area contributed by atoms with E-state index in [-0.39, 0.29) is 24.0 Å². The quantitative estimate of drug-likeness (QED) is 0.469. The molecule has 0 aliphatic carbocycles. The number of carbonyl (C=O) groups excluding carboxylic acids is 1. The summed E-state index contributed by atoms with van der Waals surface area (Å²) in [5.74, 6) is 0.250. The van der Waals surface area contributed by atoms with Gasteiger partial charge in [-0.05, 0) is 47.2 Å². The molecule has 2 aromatic carbocycles. The molecule has 1 aromatic heterocycles. The molecule has 1 atom stereocenters. The van der Waals surface area contributed by atoms with Crippen LogP contribution in [-0.2, 0) is 13.0 Å². The standard InChI is InChI=1S/C24H25ClN4O4S/c1-24(2,3)20-16-9-8-15(12-14(16)10-11-29(20)23(31)32)21(30)26-22-28-27-19(34-22)13-33-18-7-5-4-6-17(18)25/h4-9,12,20H,10-11,13H2,1-3H3,(H,31,32)(H,26,28,30). The first-order chi connectivity index (χ1) is 16.1. The minimum Gasteiger partial charge on any atom is -0.485 e. The third-order valence-electron chi connectivity index (χ3n) is 5.57. The topological polar surface area (TPSA) is 105 Å². The lowest BCUT2D eigenvalue weighted by Crippen LogP contribution is -2.44. The fourth-order valence-electron chi connectivity index (χ4n) is 4.14. The second-order valence-electron chi connectivity index (χ2n) is 9.08. The highest BCUT2D eigenvalue weighted by molar-refractivity contribution is 7.15. The van der Waals surface area contributed by atoms with Crippen molar-refractivity contribution in [2.75, 3.05) is 11.9 Å². The van der Waals surface area contributed by atoms with Crippen molar-refractivity contribution in [3.63, 3.8) is 0 Å². The number of rotatable bonds is 5. The van der Waals surface area contributed by atoms with E-state index in [1.165, 1.54) is 16.2 Å². The van der Waals surface area contributed by atoms with Crippen LogP contribution < -0.4 is 10.1 Å². The van der Waals surface area contributed by atoms with Gasteiger partial charge in [-0.15, -0.1) is 10.2 Å². The van der Waals surface area contributed by atoms with Crippen LogP contribution in [0.25, 0.3) is 0 Å². The van der Waals surface area contributed by atoms with E-state index in [1.54, 1.807) is 18.2 Å². The normalized spacial score (nSPS) is 15.5. The number of hydrogen-bond donors (Lipinski definition) is 2. The Bertz CT molecular complexity index is 1220. The number of carboxylic acid groups (broad SMARTS) is 1. The van der Waals surface area contributed by atoms with Crippen LogP contribution in [0.2, 0.25) is 5.02 Å². The van der Waals surface area contributed by atoms with E-state index >= 15 is 0 Å². The molecule has 0 radical (unpaired) electrons. The molecule has 2 amide bonds. The van der Waals surface area contributed by atoms with Crippen LogP contribution in [0.1, 0.15) is 53.3 Å². The summed E-state index contributed by atoms with van der Waals surface area (Å²) in [6, 6.07) is 12.3. The Morgan fingerprint density at radius 1 is 1.24 bits per heavy atom. The van der Waals surface area contributed by atoms with Crippen LogP contribution in [-0.4, -0.2) is 38.7 Å². The lowest BCUT2D eigenvalue weighted by atomic mass is 9.77. The van der Waals surface area contributed by atoms with Crippen molar-refractivity contribution < 1.29 is 19.4 Å². The van der Waals surface area contributed by atoms with E-state index in [1.807, 2.05) is 45.0 Å². The first-order valence-corrected chi connectivity index (χ1v) is 12.0. The van der Waals surface area contributed by atoms with Crippen LogP contribution in [0, 0.1) is 5.41 Å². The van der Waals surface area contributed by atoms with E-state index in [2.05, 4.69) is 15.5 Å². The SMILES string of the molecule is CC(C)(C)C1c2ccc(C(=O)Nc3nnc(COc4ccccc4Cl)s3)cc2CCN1C(=O)O. The zero-order valence-corrected chi connectivity index (χ0v) is 20.6. The molecule has 0 bridgehead atoms. The van der Waals surface area contributed by atoms with Gasteiger partial charge in [-0.25, -0.2) is 4.79 Å². The number of halogens is 1.